The number of halogens is 1. The second kappa shape index (κ2) is 11.2. The van der Waals surface area contributed by atoms with Crippen LogP contribution in [-0.4, -0.2) is 23.8 Å². The summed E-state index contributed by atoms with van der Waals surface area (Å²) in [6.45, 7) is 4.33. The zero-order valence-corrected chi connectivity index (χ0v) is 22.5. The lowest BCUT2D eigenvalue weighted by atomic mass is 9.93. The highest BCUT2D eigenvalue weighted by Crippen LogP contribution is 2.35. The van der Waals surface area contributed by atoms with E-state index in [2.05, 4.69) is 0 Å². The predicted octanol–water partition coefficient (Wildman–Crippen LogP) is 4.99. The molecular formula is C30H25ClN2O4S. The number of benzene rings is 3. The van der Waals surface area contributed by atoms with E-state index in [4.69, 9.17) is 26.1 Å². The number of hydrogen-bond donors (Lipinski definition) is 0. The fraction of sp³-hybridized carbons (Fsp3) is 0.167. The Morgan fingerprint density at radius 2 is 1.74 bits per heavy atom. The van der Waals surface area contributed by atoms with Crippen LogP contribution in [0.4, 0.5) is 0 Å². The van der Waals surface area contributed by atoms with Crippen LogP contribution >= 0.6 is 22.9 Å². The van der Waals surface area contributed by atoms with Gasteiger partial charge in [-0.3, -0.25) is 9.36 Å². The summed E-state index contributed by atoms with van der Waals surface area (Å²) in [6, 6.07) is 23.5. The van der Waals surface area contributed by atoms with E-state index < -0.39 is 12.0 Å². The molecule has 4 aromatic rings. The minimum atomic E-state index is -0.713. The molecule has 6 nitrogen and oxygen atoms in total. The molecule has 8 heteroatoms. The van der Waals surface area contributed by atoms with Crippen molar-refractivity contribution in [2.75, 3.05) is 13.2 Å². The quantitative estimate of drug-likeness (QED) is 0.307. The van der Waals surface area contributed by atoms with Crippen LogP contribution in [0.15, 0.2) is 94.2 Å². The molecule has 0 radical (unpaired) electrons. The third kappa shape index (κ3) is 4.95. The van der Waals surface area contributed by atoms with Gasteiger partial charge in [0.1, 0.15) is 5.75 Å². The first-order valence-corrected chi connectivity index (χ1v) is 13.5. The molecule has 5 rings (SSSR count). The maximum atomic E-state index is 14.0. The van der Waals surface area contributed by atoms with Crippen molar-refractivity contribution in [3.8, 4) is 5.75 Å². The van der Waals surface area contributed by atoms with Gasteiger partial charge in [-0.15, -0.1) is 0 Å². The van der Waals surface area contributed by atoms with Gasteiger partial charge in [-0.25, -0.2) is 9.79 Å². The van der Waals surface area contributed by atoms with Crippen molar-refractivity contribution < 1.29 is 14.3 Å². The van der Waals surface area contributed by atoms with Gasteiger partial charge >= 0.3 is 5.97 Å². The zero-order chi connectivity index (χ0) is 26.6. The summed E-state index contributed by atoms with van der Waals surface area (Å²) >= 11 is 7.52. The molecule has 0 aliphatic carbocycles. The zero-order valence-electron chi connectivity index (χ0n) is 20.9. The van der Waals surface area contributed by atoms with Gasteiger partial charge in [0.2, 0.25) is 0 Å². The standard InChI is InChI=1S/C30H25ClN2O4S/c1-3-36-23-16-15-22(31)17-21(23)18-24-28(34)33-27(20-13-9-6-10-14-20)25(29(35)37-4-2)26(32-30(33)38-24)19-11-7-5-8-12-19/h5-18,27H,3-4H2,1-2H3/b24-18-/t27-/m0/s1. The number of ether oxygens (including phenoxy) is 2. The molecule has 2 heterocycles. The van der Waals surface area contributed by atoms with E-state index in [1.165, 1.54) is 11.3 Å². The van der Waals surface area contributed by atoms with Crippen LogP contribution in [0.1, 0.15) is 36.6 Å². The largest absolute Gasteiger partial charge is 0.493 e. The molecule has 0 bridgehead atoms. The van der Waals surface area contributed by atoms with E-state index >= 15 is 0 Å². The Kier molecular flexibility index (Phi) is 7.58. The molecule has 1 aliphatic heterocycles. The Morgan fingerprint density at radius 3 is 2.42 bits per heavy atom. The van der Waals surface area contributed by atoms with Gasteiger partial charge in [0, 0.05) is 16.1 Å². The van der Waals surface area contributed by atoms with Crippen molar-refractivity contribution in [2.24, 2.45) is 4.99 Å². The van der Waals surface area contributed by atoms with Crippen molar-refractivity contribution >= 4 is 40.7 Å². The average molecular weight is 545 g/mol. The van der Waals surface area contributed by atoms with Gasteiger partial charge in [0.25, 0.3) is 5.56 Å². The number of fused-ring (bicyclic) bond motifs is 1. The highest BCUT2D eigenvalue weighted by atomic mass is 35.5. The van der Waals surface area contributed by atoms with Crippen LogP contribution in [0.2, 0.25) is 5.02 Å². The van der Waals surface area contributed by atoms with E-state index in [-0.39, 0.29) is 12.2 Å². The van der Waals surface area contributed by atoms with Crippen molar-refractivity contribution in [3.05, 3.63) is 126 Å². The number of aromatic nitrogens is 1. The minimum absolute atomic E-state index is 0.200. The molecule has 38 heavy (non-hydrogen) atoms. The molecule has 0 fully saturated rings. The molecule has 1 aromatic heterocycles. The number of rotatable bonds is 7. The van der Waals surface area contributed by atoms with Crippen LogP contribution in [0, 0.1) is 0 Å². The predicted molar refractivity (Wildman–Crippen MR) is 150 cm³/mol. The van der Waals surface area contributed by atoms with Gasteiger partial charge in [0.05, 0.1) is 35.1 Å². The molecule has 192 valence electrons. The molecule has 0 unspecified atom stereocenters. The first-order chi connectivity index (χ1) is 18.5. The van der Waals surface area contributed by atoms with Crippen LogP contribution in [0.3, 0.4) is 0 Å². The maximum Gasteiger partial charge on any atom is 0.338 e. The third-order valence-corrected chi connectivity index (χ3v) is 7.27. The van der Waals surface area contributed by atoms with Gasteiger partial charge in [0.15, 0.2) is 4.80 Å². The SMILES string of the molecule is CCOC(=O)C1=C(c2ccccc2)N=c2s/c(=C\c3cc(Cl)ccc3OCC)c(=O)n2[C@H]1c1ccccc1. The molecule has 0 amide bonds. The molecular weight excluding hydrogens is 520 g/mol. The van der Waals surface area contributed by atoms with E-state index in [9.17, 15) is 9.59 Å². The van der Waals surface area contributed by atoms with Crippen molar-refractivity contribution in [3.63, 3.8) is 0 Å². The fourth-order valence-electron chi connectivity index (χ4n) is 4.45. The van der Waals surface area contributed by atoms with Crippen LogP contribution in [0.25, 0.3) is 11.8 Å². The van der Waals surface area contributed by atoms with Gasteiger partial charge < -0.3 is 9.47 Å². The molecule has 0 saturated heterocycles. The first kappa shape index (κ1) is 25.7. The fourth-order valence-corrected chi connectivity index (χ4v) is 5.62. The topological polar surface area (TPSA) is 69.9 Å². The van der Waals surface area contributed by atoms with E-state index in [0.717, 1.165) is 11.1 Å². The second-order valence-electron chi connectivity index (χ2n) is 8.46. The summed E-state index contributed by atoms with van der Waals surface area (Å²) in [4.78, 5) is 32.8. The van der Waals surface area contributed by atoms with Crippen LogP contribution in [0.5, 0.6) is 5.75 Å². The Bertz CT molecular complexity index is 1690. The molecule has 0 N–H and O–H groups in total. The van der Waals surface area contributed by atoms with Crippen molar-refractivity contribution in [2.45, 2.75) is 19.9 Å². The van der Waals surface area contributed by atoms with Crippen LogP contribution in [-0.2, 0) is 9.53 Å². The smallest absolute Gasteiger partial charge is 0.338 e. The third-order valence-electron chi connectivity index (χ3n) is 6.05. The number of esters is 1. The summed E-state index contributed by atoms with van der Waals surface area (Å²) in [5.41, 5.74) is 2.78. The Balaban J connectivity index is 1.82. The average Bonchev–Trinajstić information content (AvgIpc) is 3.24. The van der Waals surface area contributed by atoms with Crippen LogP contribution < -0.4 is 19.6 Å². The van der Waals surface area contributed by atoms with E-state index in [0.29, 0.717) is 43.5 Å². The lowest BCUT2D eigenvalue weighted by molar-refractivity contribution is -0.138. The first-order valence-electron chi connectivity index (χ1n) is 12.3. The monoisotopic (exact) mass is 544 g/mol. The summed E-state index contributed by atoms with van der Waals surface area (Å²) in [5, 5.41) is 0.533. The second-order valence-corrected chi connectivity index (χ2v) is 9.90. The minimum Gasteiger partial charge on any atom is -0.493 e. The van der Waals surface area contributed by atoms with Crippen molar-refractivity contribution in [1.82, 2.24) is 4.57 Å². The lowest BCUT2D eigenvalue weighted by Gasteiger charge is -2.25. The number of nitrogens with zero attached hydrogens (tertiary/aromatic N) is 2. The maximum absolute atomic E-state index is 14.0. The molecule has 1 aliphatic rings. The highest BCUT2D eigenvalue weighted by molar-refractivity contribution is 7.07. The van der Waals surface area contributed by atoms with Gasteiger partial charge in [-0.1, -0.05) is 83.6 Å². The summed E-state index contributed by atoms with van der Waals surface area (Å²) in [6.07, 6.45) is 1.76. The lowest BCUT2D eigenvalue weighted by Crippen LogP contribution is -2.40. The normalized spacial score (nSPS) is 15.1. The Labute approximate surface area is 228 Å². The number of carbonyl (C=O) groups excluding carboxylic acids is 1. The van der Waals surface area contributed by atoms with E-state index in [1.54, 1.807) is 35.8 Å². The Morgan fingerprint density at radius 1 is 1.03 bits per heavy atom. The summed E-state index contributed by atoms with van der Waals surface area (Å²) in [5.74, 6) is 0.117. The van der Waals surface area contributed by atoms with Gasteiger partial charge in [-0.05, 0) is 43.7 Å². The van der Waals surface area contributed by atoms with Gasteiger partial charge in [-0.2, -0.15) is 0 Å². The Hall–Kier alpha value is -3.94. The molecule has 1 atom stereocenters. The van der Waals surface area contributed by atoms with Crippen molar-refractivity contribution in [1.29, 1.82) is 0 Å². The summed E-state index contributed by atoms with van der Waals surface area (Å²) < 4.78 is 13.3. The number of thiazole rings is 1. The summed E-state index contributed by atoms with van der Waals surface area (Å²) in [7, 11) is 0. The van der Waals surface area contributed by atoms with E-state index in [1.807, 2.05) is 67.6 Å². The molecule has 3 aromatic carbocycles. The highest BCUT2D eigenvalue weighted by Gasteiger charge is 2.35. The molecule has 0 spiro atoms. The number of carbonyl (C=O) groups is 1. The molecule has 0 saturated carbocycles. The number of hydrogen-bond acceptors (Lipinski definition) is 6.